The van der Waals surface area contributed by atoms with Crippen LogP contribution in [0.5, 0.6) is 0 Å². The van der Waals surface area contributed by atoms with Crippen molar-refractivity contribution in [3.63, 3.8) is 0 Å². The van der Waals surface area contributed by atoms with E-state index in [1.165, 1.54) is 10.2 Å². The van der Waals surface area contributed by atoms with E-state index in [1.54, 1.807) is 0 Å². The van der Waals surface area contributed by atoms with E-state index in [9.17, 15) is 4.79 Å². The van der Waals surface area contributed by atoms with Crippen molar-refractivity contribution in [2.75, 3.05) is 5.32 Å². The Morgan fingerprint density at radius 2 is 1.96 bits per heavy atom. The van der Waals surface area contributed by atoms with E-state index in [2.05, 4.69) is 15.4 Å². The number of H-pyrrole nitrogens is 1. The molecule has 1 heterocycles. The average molecular weight is 329 g/mol. The van der Waals surface area contributed by atoms with Gasteiger partial charge in [-0.15, -0.1) is 0 Å². The molecule has 0 aliphatic carbocycles. The van der Waals surface area contributed by atoms with Crippen LogP contribution in [0.15, 0.2) is 59.4 Å². The fourth-order valence-corrected chi connectivity index (χ4v) is 2.49. The van der Waals surface area contributed by atoms with Gasteiger partial charge in [-0.25, -0.2) is 9.48 Å². The number of anilines is 1. The van der Waals surface area contributed by atoms with Crippen LogP contribution in [0.1, 0.15) is 11.4 Å². The molecule has 0 atom stereocenters. The largest absolute Gasteiger partial charge is 0.378 e. The number of rotatable bonds is 6. The Balaban J connectivity index is 1.61. The summed E-state index contributed by atoms with van der Waals surface area (Å²) >= 11 is 5.94. The minimum Gasteiger partial charge on any atom is -0.378 e. The Bertz CT molecular complexity index is 826. The van der Waals surface area contributed by atoms with Crippen molar-refractivity contribution in [1.82, 2.24) is 14.8 Å². The second kappa shape index (κ2) is 7.15. The summed E-state index contributed by atoms with van der Waals surface area (Å²) in [7, 11) is 0. The van der Waals surface area contributed by atoms with Crippen LogP contribution in [0.2, 0.25) is 5.02 Å². The lowest BCUT2D eigenvalue weighted by Gasteiger charge is -2.04. The molecule has 5 nitrogen and oxygen atoms in total. The topological polar surface area (TPSA) is 62.7 Å². The van der Waals surface area contributed by atoms with Gasteiger partial charge in [-0.3, -0.25) is 4.98 Å². The Morgan fingerprint density at radius 3 is 2.74 bits per heavy atom. The summed E-state index contributed by atoms with van der Waals surface area (Å²) in [5.74, 6) is 0.600. The second-order valence-electron chi connectivity index (χ2n) is 5.20. The molecular weight excluding hydrogens is 312 g/mol. The molecule has 0 unspecified atom stereocenters. The molecule has 3 aromatic rings. The molecule has 0 saturated heterocycles. The van der Waals surface area contributed by atoms with Gasteiger partial charge in [0.15, 0.2) is 0 Å². The Hall–Kier alpha value is -2.53. The highest BCUT2D eigenvalue weighted by molar-refractivity contribution is 6.30. The molecule has 0 fully saturated rings. The number of hydrogen-bond donors (Lipinski definition) is 2. The van der Waals surface area contributed by atoms with Crippen LogP contribution in [0, 0.1) is 0 Å². The molecule has 118 valence electrons. The molecule has 3 rings (SSSR count). The van der Waals surface area contributed by atoms with Gasteiger partial charge in [-0.1, -0.05) is 48.0 Å². The molecule has 1 aromatic heterocycles. The molecule has 23 heavy (non-hydrogen) atoms. The first-order chi connectivity index (χ1) is 11.2. The third-order valence-electron chi connectivity index (χ3n) is 3.47. The van der Waals surface area contributed by atoms with Crippen LogP contribution >= 0.6 is 11.6 Å². The van der Waals surface area contributed by atoms with Crippen LogP contribution in [-0.2, 0) is 19.5 Å². The fourth-order valence-electron chi connectivity index (χ4n) is 2.30. The monoisotopic (exact) mass is 328 g/mol. The summed E-state index contributed by atoms with van der Waals surface area (Å²) < 4.78 is 1.46. The van der Waals surface area contributed by atoms with Gasteiger partial charge >= 0.3 is 5.69 Å². The smallest absolute Gasteiger partial charge is 0.343 e. The number of hydrogen-bond acceptors (Lipinski definition) is 3. The third kappa shape index (κ3) is 4.23. The van der Waals surface area contributed by atoms with Crippen molar-refractivity contribution < 1.29 is 0 Å². The van der Waals surface area contributed by atoms with Crippen molar-refractivity contribution in [2.24, 2.45) is 0 Å². The zero-order valence-electron chi connectivity index (χ0n) is 12.5. The number of aromatic amines is 1. The molecular formula is C17H17ClN4O. The quantitative estimate of drug-likeness (QED) is 0.731. The van der Waals surface area contributed by atoms with Crippen LogP contribution < -0.4 is 11.0 Å². The van der Waals surface area contributed by atoms with Crippen LogP contribution in [0.3, 0.4) is 0 Å². The number of benzene rings is 2. The van der Waals surface area contributed by atoms with Crippen molar-refractivity contribution in [3.05, 3.63) is 81.5 Å². The van der Waals surface area contributed by atoms with Crippen molar-refractivity contribution in [3.8, 4) is 0 Å². The lowest BCUT2D eigenvalue weighted by Crippen LogP contribution is -2.19. The minimum atomic E-state index is -0.191. The Kier molecular flexibility index (Phi) is 4.78. The highest BCUT2D eigenvalue weighted by Gasteiger charge is 2.05. The molecule has 0 spiro atoms. The van der Waals surface area contributed by atoms with E-state index >= 15 is 0 Å². The van der Waals surface area contributed by atoms with Gasteiger partial charge in [0.25, 0.3) is 0 Å². The zero-order valence-corrected chi connectivity index (χ0v) is 13.3. The van der Waals surface area contributed by atoms with Gasteiger partial charge < -0.3 is 5.32 Å². The van der Waals surface area contributed by atoms with Crippen molar-refractivity contribution in [1.29, 1.82) is 0 Å². The molecule has 0 aliphatic heterocycles. The van der Waals surface area contributed by atoms with Crippen LogP contribution in [0.4, 0.5) is 5.69 Å². The van der Waals surface area contributed by atoms with E-state index in [1.807, 2.05) is 54.6 Å². The lowest BCUT2D eigenvalue weighted by atomic mass is 10.2. The summed E-state index contributed by atoms with van der Waals surface area (Å²) in [6.45, 7) is 0.991. The van der Waals surface area contributed by atoms with Gasteiger partial charge in [0.1, 0.15) is 5.82 Å². The van der Waals surface area contributed by atoms with E-state index < -0.39 is 0 Å². The summed E-state index contributed by atoms with van der Waals surface area (Å²) in [4.78, 5) is 14.7. The lowest BCUT2D eigenvalue weighted by molar-refractivity contribution is 0.588. The average Bonchev–Trinajstić information content (AvgIpc) is 2.92. The molecule has 0 amide bonds. The fraction of sp³-hybridized carbons (Fsp3) is 0.176. The second-order valence-corrected chi connectivity index (χ2v) is 5.64. The van der Waals surface area contributed by atoms with Crippen molar-refractivity contribution >= 4 is 17.3 Å². The molecule has 0 bridgehead atoms. The third-order valence-corrected chi connectivity index (χ3v) is 3.70. The highest BCUT2D eigenvalue weighted by Crippen LogP contribution is 2.15. The summed E-state index contributed by atoms with van der Waals surface area (Å²) in [5, 5.41) is 8.16. The SMILES string of the molecule is O=c1[nH]c(CNc2cccc(Cl)c2)nn1CCc1ccccc1. The first-order valence-corrected chi connectivity index (χ1v) is 7.78. The van der Waals surface area contributed by atoms with Gasteiger partial charge in [0, 0.05) is 10.7 Å². The van der Waals surface area contributed by atoms with E-state index in [0.29, 0.717) is 23.9 Å². The van der Waals surface area contributed by atoms with Gasteiger partial charge in [0.2, 0.25) is 0 Å². The standard InChI is InChI=1S/C17H17ClN4O/c18-14-7-4-8-15(11-14)19-12-16-20-17(23)22(21-16)10-9-13-5-2-1-3-6-13/h1-8,11,19H,9-10,12H2,(H,20,21,23). The summed E-state index contributed by atoms with van der Waals surface area (Å²) in [6, 6.07) is 17.5. The minimum absolute atomic E-state index is 0.191. The molecule has 0 radical (unpaired) electrons. The number of aromatic nitrogens is 3. The number of nitrogens with one attached hydrogen (secondary N) is 2. The first-order valence-electron chi connectivity index (χ1n) is 7.40. The van der Waals surface area contributed by atoms with Crippen LogP contribution in [0.25, 0.3) is 0 Å². The molecule has 0 aliphatic rings. The highest BCUT2D eigenvalue weighted by atomic mass is 35.5. The van der Waals surface area contributed by atoms with Crippen LogP contribution in [-0.4, -0.2) is 14.8 Å². The predicted octanol–water partition coefficient (Wildman–Crippen LogP) is 3.08. The van der Waals surface area contributed by atoms with Gasteiger partial charge in [0.05, 0.1) is 13.1 Å². The molecule has 6 heteroatoms. The Labute approximate surface area is 138 Å². The maximum absolute atomic E-state index is 11.9. The Morgan fingerprint density at radius 1 is 1.13 bits per heavy atom. The molecule has 2 N–H and O–H groups in total. The maximum Gasteiger partial charge on any atom is 0.343 e. The summed E-state index contributed by atoms with van der Waals surface area (Å²) in [5.41, 5.74) is 1.88. The number of aryl methyl sites for hydroxylation is 2. The van der Waals surface area contributed by atoms with E-state index in [0.717, 1.165) is 12.1 Å². The van der Waals surface area contributed by atoms with Crippen molar-refractivity contribution in [2.45, 2.75) is 19.5 Å². The summed E-state index contributed by atoms with van der Waals surface area (Å²) in [6.07, 6.45) is 0.771. The molecule has 2 aromatic carbocycles. The number of nitrogens with zero attached hydrogens (tertiary/aromatic N) is 2. The first kappa shape index (κ1) is 15.4. The molecule has 0 saturated carbocycles. The maximum atomic E-state index is 11.9. The van der Waals surface area contributed by atoms with Gasteiger partial charge in [-0.05, 0) is 30.2 Å². The normalized spacial score (nSPS) is 10.7. The van der Waals surface area contributed by atoms with E-state index in [4.69, 9.17) is 11.6 Å². The van der Waals surface area contributed by atoms with E-state index in [-0.39, 0.29) is 5.69 Å². The zero-order chi connectivity index (χ0) is 16.1. The number of halogens is 1. The van der Waals surface area contributed by atoms with Gasteiger partial charge in [-0.2, -0.15) is 5.10 Å². The predicted molar refractivity (Wildman–Crippen MR) is 91.8 cm³/mol.